The van der Waals surface area contributed by atoms with E-state index >= 15 is 0 Å². The van der Waals surface area contributed by atoms with Crippen LogP contribution in [0, 0.1) is 0 Å². The Bertz CT molecular complexity index is 623. The molecule has 112 valence electrons. The van der Waals surface area contributed by atoms with Crippen molar-refractivity contribution in [1.29, 1.82) is 0 Å². The van der Waals surface area contributed by atoms with Crippen LogP contribution in [-0.4, -0.2) is 25.0 Å². The number of benzene rings is 1. The predicted molar refractivity (Wildman–Crippen MR) is 82.1 cm³/mol. The van der Waals surface area contributed by atoms with E-state index < -0.39 is 15.7 Å². The number of amidine groups is 1. The average molecular weight is 365 g/mol. The number of oxime groups is 1. The zero-order chi connectivity index (χ0) is 15.6. The van der Waals surface area contributed by atoms with Crippen molar-refractivity contribution in [2.75, 3.05) is 4.72 Å². The standard InChI is InChI=1S/C11H17BrN4O3S/c1-11(2,3)16-20(18,19)15-9-6-7(12)4-5-8(9)10(13)14-17/h4-6,15-17H,1-3H3,(H2,13,14). The van der Waals surface area contributed by atoms with E-state index in [0.717, 1.165) is 0 Å². The van der Waals surface area contributed by atoms with E-state index in [4.69, 9.17) is 10.9 Å². The van der Waals surface area contributed by atoms with Crippen molar-refractivity contribution in [3.63, 3.8) is 0 Å². The molecule has 0 unspecified atom stereocenters. The van der Waals surface area contributed by atoms with Gasteiger partial charge in [0.15, 0.2) is 5.84 Å². The van der Waals surface area contributed by atoms with Gasteiger partial charge in [0.25, 0.3) is 10.2 Å². The molecule has 0 amide bonds. The van der Waals surface area contributed by atoms with Crippen molar-refractivity contribution >= 4 is 37.7 Å². The van der Waals surface area contributed by atoms with Crippen molar-refractivity contribution in [2.45, 2.75) is 26.3 Å². The number of anilines is 1. The summed E-state index contributed by atoms with van der Waals surface area (Å²) in [6, 6.07) is 4.71. The van der Waals surface area contributed by atoms with Crippen LogP contribution in [0.25, 0.3) is 0 Å². The number of nitrogens with two attached hydrogens (primary N) is 1. The summed E-state index contributed by atoms with van der Waals surface area (Å²) in [5, 5.41) is 11.6. The van der Waals surface area contributed by atoms with Gasteiger partial charge in [-0.2, -0.15) is 13.1 Å². The summed E-state index contributed by atoms with van der Waals surface area (Å²) < 4.78 is 29.5. The number of halogens is 1. The third kappa shape index (κ3) is 4.99. The Morgan fingerprint density at radius 1 is 1.40 bits per heavy atom. The second-order valence-corrected chi connectivity index (χ2v) is 7.46. The van der Waals surface area contributed by atoms with Crippen LogP contribution in [0.2, 0.25) is 0 Å². The molecular formula is C11H17BrN4O3S. The molecule has 5 N–H and O–H groups in total. The summed E-state index contributed by atoms with van der Waals surface area (Å²) in [6.45, 7) is 5.16. The Morgan fingerprint density at radius 3 is 2.50 bits per heavy atom. The molecule has 0 aromatic heterocycles. The number of hydrogen-bond acceptors (Lipinski definition) is 4. The first-order chi connectivity index (χ1) is 9.04. The van der Waals surface area contributed by atoms with Crippen molar-refractivity contribution in [2.24, 2.45) is 10.9 Å². The molecule has 0 bridgehead atoms. The van der Waals surface area contributed by atoms with E-state index in [1.54, 1.807) is 26.8 Å². The molecule has 0 aliphatic heterocycles. The Balaban J connectivity index is 3.18. The van der Waals surface area contributed by atoms with Gasteiger partial charge in [-0.15, -0.1) is 0 Å². The molecular weight excluding hydrogens is 348 g/mol. The number of nitrogens with zero attached hydrogens (tertiary/aromatic N) is 1. The third-order valence-electron chi connectivity index (χ3n) is 2.05. The minimum atomic E-state index is -3.79. The summed E-state index contributed by atoms with van der Waals surface area (Å²) in [7, 11) is -3.79. The van der Waals surface area contributed by atoms with Gasteiger partial charge in [0.2, 0.25) is 0 Å². The fourth-order valence-corrected chi connectivity index (χ4v) is 3.13. The van der Waals surface area contributed by atoms with Gasteiger partial charge in [-0.1, -0.05) is 21.1 Å². The molecule has 20 heavy (non-hydrogen) atoms. The Labute approximate surface area is 126 Å². The smallest absolute Gasteiger partial charge is 0.299 e. The molecule has 0 saturated heterocycles. The van der Waals surface area contributed by atoms with E-state index in [9.17, 15) is 8.42 Å². The van der Waals surface area contributed by atoms with Crippen LogP contribution in [0.4, 0.5) is 5.69 Å². The van der Waals surface area contributed by atoms with Crippen molar-refractivity contribution < 1.29 is 13.6 Å². The van der Waals surface area contributed by atoms with E-state index in [2.05, 4.69) is 30.5 Å². The first-order valence-corrected chi connectivity index (χ1v) is 7.91. The maximum absolute atomic E-state index is 12.0. The fraction of sp³-hybridized carbons (Fsp3) is 0.364. The van der Waals surface area contributed by atoms with Gasteiger partial charge in [0, 0.05) is 15.6 Å². The number of hydrogen-bond donors (Lipinski definition) is 4. The molecule has 0 fully saturated rings. The zero-order valence-electron chi connectivity index (χ0n) is 11.3. The summed E-state index contributed by atoms with van der Waals surface area (Å²) >= 11 is 3.24. The van der Waals surface area contributed by atoms with Crippen LogP contribution < -0.4 is 15.2 Å². The Morgan fingerprint density at radius 2 is 2.00 bits per heavy atom. The lowest BCUT2D eigenvalue weighted by Crippen LogP contribution is -2.43. The highest BCUT2D eigenvalue weighted by Crippen LogP contribution is 2.22. The molecule has 0 aliphatic rings. The maximum atomic E-state index is 12.0. The average Bonchev–Trinajstić information content (AvgIpc) is 2.24. The highest BCUT2D eigenvalue weighted by atomic mass is 79.9. The van der Waals surface area contributed by atoms with Crippen LogP contribution in [-0.2, 0) is 10.2 Å². The highest BCUT2D eigenvalue weighted by molar-refractivity contribution is 9.10. The van der Waals surface area contributed by atoms with Crippen molar-refractivity contribution in [3.05, 3.63) is 28.2 Å². The van der Waals surface area contributed by atoms with Crippen LogP contribution >= 0.6 is 15.9 Å². The monoisotopic (exact) mass is 364 g/mol. The first-order valence-electron chi connectivity index (χ1n) is 5.63. The SMILES string of the molecule is CC(C)(C)NS(=O)(=O)Nc1cc(Br)ccc1/C(N)=N/O. The van der Waals surface area contributed by atoms with E-state index in [-0.39, 0.29) is 17.1 Å². The summed E-state index contributed by atoms with van der Waals surface area (Å²) in [5.74, 6) is -0.189. The van der Waals surface area contributed by atoms with Gasteiger partial charge in [0.05, 0.1) is 5.69 Å². The van der Waals surface area contributed by atoms with E-state index in [1.807, 2.05) is 0 Å². The zero-order valence-corrected chi connectivity index (χ0v) is 13.7. The maximum Gasteiger partial charge on any atom is 0.299 e. The number of nitrogens with one attached hydrogen (secondary N) is 2. The second kappa shape index (κ2) is 5.98. The first kappa shape index (κ1) is 16.7. The lowest BCUT2D eigenvalue weighted by molar-refractivity contribution is 0.318. The molecule has 0 heterocycles. The van der Waals surface area contributed by atoms with Gasteiger partial charge < -0.3 is 10.9 Å². The van der Waals surface area contributed by atoms with E-state index in [1.165, 1.54) is 12.1 Å². The van der Waals surface area contributed by atoms with Gasteiger partial charge in [-0.05, 0) is 39.0 Å². The minimum absolute atomic E-state index is 0.189. The van der Waals surface area contributed by atoms with Gasteiger partial charge >= 0.3 is 0 Å². The largest absolute Gasteiger partial charge is 0.409 e. The third-order valence-corrected chi connectivity index (χ3v) is 3.91. The van der Waals surface area contributed by atoms with Crippen LogP contribution in [0.15, 0.2) is 27.8 Å². The van der Waals surface area contributed by atoms with Crippen LogP contribution in [0.1, 0.15) is 26.3 Å². The summed E-state index contributed by atoms with van der Waals surface area (Å²) in [5.41, 5.74) is 5.36. The summed E-state index contributed by atoms with van der Waals surface area (Å²) in [4.78, 5) is 0. The molecule has 0 aliphatic carbocycles. The van der Waals surface area contributed by atoms with Gasteiger partial charge in [-0.3, -0.25) is 4.72 Å². The second-order valence-electron chi connectivity index (χ2n) is 5.13. The molecule has 0 saturated carbocycles. The predicted octanol–water partition coefficient (Wildman–Crippen LogP) is 1.59. The highest BCUT2D eigenvalue weighted by Gasteiger charge is 2.21. The molecule has 0 spiro atoms. The topological polar surface area (TPSA) is 117 Å². The van der Waals surface area contributed by atoms with E-state index in [0.29, 0.717) is 4.47 Å². The quantitative estimate of drug-likeness (QED) is 0.281. The van der Waals surface area contributed by atoms with Crippen molar-refractivity contribution in [3.8, 4) is 0 Å². The molecule has 1 aromatic carbocycles. The molecule has 9 heteroatoms. The summed E-state index contributed by atoms with van der Waals surface area (Å²) in [6.07, 6.45) is 0. The number of rotatable bonds is 4. The lowest BCUT2D eigenvalue weighted by Gasteiger charge is -2.21. The Kier molecular flexibility index (Phi) is 5.00. The fourth-order valence-electron chi connectivity index (χ4n) is 1.45. The molecule has 1 aromatic rings. The normalized spacial score (nSPS) is 13.3. The minimum Gasteiger partial charge on any atom is -0.409 e. The van der Waals surface area contributed by atoms with Crippen molar-refractivity contribution in [1.82, 2.24) is 4.72 Å². The molecule has 0 radical (unpaired) electrons. The Hall–Kier alpha value is -1.32. The van der Waals surface area contributed by atoms with Crippen LogP contribution in [0.3, 0.4) is 0 Å². The molecule has 7 nitrogen and oxygen atoms in total. The lowest BCUT2D eigenvalue weighted by atomic mass is 10.1. The van der Waals surface area contributed by atoms with Crippen LogP contribution in [0.5, 0.6) is 0 Å². The van der Waals surface area contributed by atoms with Gasteiger partial charge in [-0.25, -0.2) is 0 Å². The molecule has 0 atom stereocenters. The molecule has 1 rings (SSSR count). The van der Waals surface area contributed by atoms with Gasteiger partial charge in [0.1, 0.15) is 0 Å².